The summed E-state index contributed by atoms with van der Waals surface area (Å²) in [5.41, 5.74) is 4.02. The van der Waals surface area contributed by atoms with Gasteiger partial charge in [-0.15, -0.1) is 0 Å². The Bertz CT molecular complexity index is 437. The summed E-state index contributed by atoms with van der Waals surface area (Å²) in [6, 6.07) is 5.88. The van der Waals surface area contributed by atoms with Crippen molar-refractivity contribution >= 4 is 23.5 Å². The van der Waals surface area contributed by atoms with E-state index in [0.29, 0.717) is 10.5 Å². The molecular formula is C15H24N2O2S2. The molecule has 1 heterocycles. The summed E-state index contributed by atoms with van der Waals surface area (Å²) in [6.07, 6.45) is 1.14. The van der Waals surface area contributed by atoms with E-state index in [1.165, 1.54) is 5.75 Å². The SMILES string of the molecule is CCC1SCCSC1C(NN)c1c(OC)cccc1OC. The van der Waals surface area contributed by atoms with E-state index < -0.39 is 0 Å². The van der Waals surface area contributed by atoms with E-state index in [9.17, 15) is 0 Å². The molecule has 3 N–H and O–H groups in total. The van der Waals surface area contributed by atoms with Crippen molar-refractivity contribution in [3.8, 4) is 11.5 Å². The normalized spacial score (nSPS) is 23.6. The number of hydrogen-bond donors (Lipinski definition) is 2. The summed E-state index contributed by atoms with van der Waals surface area (Å²) in [5.74, 6) is 9.92. The molecule has 0 aromatic heterocycles. The third kappa shape index (κ3) is 3.62. The van der Waals surface area contributed by atoms with Crippen LogP contribution >= 0.6 is 23.5 Å². The van der Waals surface area contributed by atoms with Crippen LogP contribution in [0.5, 0.6) is 11.5 Å². The van der Waals surface area contributed by atoms with Crippen LogP contribution in [0.15, 0.2) is 18.2 Å². The quantitative estimate of drug-likeness (QED) is 0.619. The summed E-state index contributed by atoms with van der Waals surface area (Å²) in [7, 11) is 3.37. The lowest BCUT2D eigenvalue weighted by Gasteiger charge is -2.36. The van der Waals surface area contributed by atoms with Crippen LogP contribution in [0.4, 0.5) is 0 Å². The monoisotopic (exact) mass is 328 g/mol. The Morgan fingerprint density at radius 1 is 1.24 bits per heavy atom. The standard InChI is InChI=1S/C15H24N2O2S2/c1-4-12-15(21-9-8-20-12)14(17-16)13-10(18-2)6-5-7-11(13)19-3/h5-7,12,14-15,17H,4,8-9,16H2,1-3H3. The van der Waals surface area contributed by atoms with Crippen molar-refractivity contribution in [2.75, 3.05) is 25.7 Å². The molecule has 0 saturated carbocycles. The molecule has 1 aromatic carbocycles. The number of thioether (sulfide) groups is 2. The molecule has 3 atom stereocenters. The Labute approximate surface area is 135 Å². The molecule has 118 valence electrons. The molecule has 0 aliphatic carbocycles. The third-order valence-corrected chi connectivity index (χ3v) is 7.13. The first-order valence-corrected chi connectivity index (χ1v) is 9.26. The topological polar surface area (TPSA) is 56.5 Å². The number of benzene rings is 1. The highest BCUT2D eigenvalue weighted by molar-refractivity contribution is 8.07. The van der Waals surface area contributed by atoms with Crippen LogP contribution in [0.2, 0.25) is 0 Å². The zero-order valence-corrected chi connectivity index (χ0v) is 14.4. The molecule has 2 rings (SSSR count). The van der Waals surface area contributed by atoms with Crippen LogP contribution in [-0.4, -0.2) is 36.2 Å². The van der Waals surface area contributed by atoms with Gasteiger partial charge in [0.15, 0.2) is 0 Å². The summed E-state index contributed by atoms with van der Waals surface area (Å²) in [4.78, 5) is 0. The fraction of sp³-hybridized carbons (Fsp3) is 0.600. The lowest BCUT2D eigenvalue weighted by molar-refractivity contribution is 0.367. The maximum Gasteiger partial charge on any atom is 0.127 e. The fourth-order valence-corrected chi connectivity index (χ4v) is 5.99. The minimum atomic E-state index is 0.0128. The summed E-state index contributed by atoms with van der Waals surface area (Å²) < 4.78 is 11.1. The zero-order valence-electron chi connectivity index (χ0n) is 12.8. The lowest BCUT2D eigenvalue weighted by atomic mass is 9.98. The number of nitrogens with one attached hydrogen (secondary N) is 1. The van der Waals surface area contributed by atoms with E-state index in [0.717, 1.165) is 29.2 Å². The molecule has 3 unspecified atom stereocenters. The van der Waals surface area contributed by atoms with Gasteiger partial charge in [-0.2, -0.15) is 23.5 Å². The van der Waals surface area contributed by atoms with Gasteiger partial charge in [-0.1, -0.05) is 13.0 Å². The highest BCUT2D eigenvalue weighted by Gasteiger charge is 2.35. The second kappa shape index (κ2) is 8.17. The van der Waals surface area contributed by atoms with Crippen molar-refractivity contribution in [1.82, 2.24) is 5.43 Å². The average molecular weight is 329 g/mol. The molecule has 0 amide bonds. The Hall–Kier alpha value is -0.560. The van der Waals surface area contributed by atoms with Crippen LogP contribution in [0.25, 0.3) is 0 Å². The number of ether oxygens (including phenoxy) is 2. The van der Waals surface area contributed by atoms with Gasteiger partial charge in [0.1, 0.15) is 11.5 Å². The Morgan fingerprint density at radius 3 is 2.38 bits per heavy atom. The first-order valence-electron chi connectivity index (χ1n) is 7.17. The third-order valence-electron chi connectivity index (χ3n) is 3.78. The number of methoxy groups -OCH3 is 2. The van der Waals surface area contributed by atoms with Gasteiger partial charge in [-0.3, -0.25) is 11.3 Å². The van der Waals surface area contributed by atoms with Crippen molar-refractivity contribution in [2.45, 2.75) is 29.9 Å². The minimum Gasteiger partial charge on any atom is -0.496 e. The Morgan fingerprint density at radius 2 is 1.86 bits per heavy atom. The smallest absolute Gasteiger partial charge is 0.127 e. The fourth-order valence-electron chi connectivity index (χ4n) is 2.78. The van der Waals surface area contributed by atoms with Crippen LogP contribution in [0.1, 0.15) is 24.9 Å². The number of rotatable bonds is 6. The van der Waals surface area contributed by atoms with Gasteiger partial charge in [0.2, 0.25) is 0 Å². The van der Waals surface area contributed by atoms with E-state index in [2.05, 4.69) is 12.3 Å². The maximum atomic E-state index is 5.92. The average Bonchev–Trinajstić information content (AvgIpc) is 2.56. The second-order valence-corrected chi connectivity index (χ2v) is 7.51. The van der Waals surface area contributed by atoms with Crippen LogP contribution in [0, 0.1) is 0 Å². The van der Waals surface area contributed by atoms with E-state index in [1.807, 2.05) is 41.7 Å². The van der Waals surface area contributed by atoms with E-state index in [4.69, 9.17) is 15.3 Å². The molecule has 21 heavy (non-hydrogen) atoms. The predicted molar refractivity (Wildman–Crippen MR) is 92.4 cm³/mol. The molecule has 0 spiro atoms. The highest BCUT2D eigenvalue weighted by Crippen LogP contribution is 2.44. The van der Waals surface area contributed by atoms with Crippen LogP contribution in [-0.2, 0) is 0 Å². The molecule has 6 heteroatoms. The van der Waals surface area contributed by atoms with Gasteiger partial charge in [0.05, 0.1) is 25.8 Å². The second-order valence-electron chi connectivity index (χ2n) is 4.87. The summed E-state index contributed by atoms with van der Waals surface area (Å²) >= 11 is 4.03. The van der Waals surface area contributed by atoms with Crippen molar-refractivity contribution in [3.05, 3.63) is 23.8 Å². The van der Waals surface area contributed by atoms with Gasteiger partial charge in [0, 0.05) is 22.0 Å². The molecule has 0 radical (unpaired) electrons. The van der Waals surface area contributed by atoms with E-state index >= 15 is 0 Å². The van der Waals surface area contributed by atoms with Crippen LogP contribution in [0.3, 0.4) is 0 Å². The van der Waals surface area contributed by atoms with E-state index in [-0.39, 0.29) is 6.04 Å². The molecule has 1 aliphatic rings. The molecule has 1 fully saturated rings. The van der Waals surface area contributed by atoms with Crippen LogP contribution < -0.4 is 20.7 Å². The predicted octanol–water partition coefficient (Wildman–Crippen LogP) is 2.84. The lowest BCUT2D eigenvalue weighted by Crippen LogP contribution is -2.42. The minimum absolute atomic E-state index is 0.0128. The first kappa shape index (κ1) is 16.8. The molecule has 1 aromatic rings. The largest absolute Gasteiger partial charge is 0.496 e. The molecule has 1 aliphatic heterocycles. The van der Waals surface area contributed by atoms with Gasteiger partial charge in [0.25, 0.3) is 0 Å². The number of nitrogens with two attached hydrogens (primary N) is 1. The van der Waals surface area contributed by atoms with Gasteiger partial charge >= 0.3 is 0 Å². The van der Waals surface area contributed by atoms with Crippen molar-refractivity contribution < 1.29 is 9.47 Å². The highest BCUT2D eigenvalue weighted by atomic mass is 32.2. The first-order chi connectivity index (χ1) is 10.3. The molecule has 1 saturated heterocycles. The zero-order chi connectivity index (χ0) is 15.2. The molecule has 0 bridgehead atoms. The van der Waals surface area contributed by atoms with Crippen molar-refractivity contribution in [2.24, 2.45) is 5.84 Å². The summed E-state index contributed by atoms with van der Waals surface area (Å²) in [5, 5.41) is 0.989. The van der Waals surface area contributed by atoms with E-state index in [1.54, 1.807) is 14.2 Å². The van der Waals surface area contributed by atoms with Crippen molar-refractivity contribution in [1.29, 1.82) is 0 Å². The van der Waals surface area contributed by atoms with Crippen molar-refractivity contribution in [3.63, 3.8) is 0 Å². The van der Waals surface area contributed by atoms with Gasteiger partial charge in [-0.05, 0) is 18.6 Å². The maximum absolute atomic E-state index is 5.92. The number of hydrogen-bond acceptors (Lipinski definition) is 6. The molecule has 4 nitrogen and oxygen atoms in total. The Kier molecular flexibility index (Phi) is 6.54. The summed E-state index contributed by atoms with van der Waals surface area (Å²) in [6.45, 7) is 2.24. The molecular weight excluding hydrogens is 304 g/mol. The number of hydrazine groups is 1. The Balaban J connectivity index is 2.40. The van der Waals surface area contributed by atoms with Gasteiger partial charge in [-0.25, -0.2) is 0 Å². The van der Waals surface area contributed by atoms with Gasteiger partial charge < -0.3 is 9.47 Å².